The molecule has 10 nitrogen and oxygen atoms in total. The highest BCUT2D eigenvalue weighted by Crippen LogP contribution is 2.41. The van der Waals surface area contributed by atoms with Crippen LogP contribution in [0.5, 0.6) is 0 Å². The third-order valence-electron chi connectivity index (χ3n) is 7.04. The maximum Gasteiger partial charge on any atom is 0.355 e. The third kappa shape index (κ3) is 3.77. The number of pyridine rings is 2. The van der Waals surface area contributed by atoms with E-state index >= 15 is 0 Å². The van der Waals surface area contributed by atoms with Crippen molar-refractivity contribution < 1.29 is 28.4 Å². The standard InChI is InChI=1S/C27H18FN3O7.CH4/c1-2-27(38-25(33)14-6-8-16(28)9-7-14)19-11-22-23-15(12-30(22)24(32)18(19)13-37-26(27)34)10-17-20(29-23)4-3-5-21(17)31(35)36;/h3-11H,2,12-13H2,1H3;1H4/t27-;/m0./s1. The molecule has 2 aromatic heterocycles. The van der Waals surface area contributed by atoms with Crippen LogP contribution in [0.4, 0.5) is 10.1 Å². The summed E-state index contributed by atoms with van der Waals surface area (Å²) in [6.45, 7) is 1.44. The fraction of sp³-hybridized carbons (Fsp3) is 0.214. The number of carbonyl (C=O) groups is 2. The summed E-state index contributed by atoms with van der Waals surface area (Å²) in [5.41, 5.74) is -0.279. The molecule has 2 aliphatic rings. The van der Waals surface area contributed by atoms with E-state index in [1.807, 2.05) is 0 Å². The molecule has 0 amide bonds. The molecule has 0 saturated heterocycles. The van der Waals surface area contributed by atoms with Crippen molar-refractivity contribution in [3.8, 4) is 11.4 Å². The van der Waals surface area contributed by atoms with Crippen LogP contribution in [0.3, 0.4) is 0 Å². The molecule has 4 heterocycles. The number of nitro groups is 1. The van der Waals surface area contributed by atoms with Crippen LogP contribution in [0.15, 0.2) is 59.4 Å². The average Bonchev–Trinajstić information content (AvgIpc) is 3.27. The number of halogens is 1. The molecule has 198 valence electrons. The van der Waals surface area contributed by atoms with Crippen molar-refractivity contribution in [1.82, 2.24) is 9.55 Å². The normalized spacial score (nSPS) is 16.9. The van der Waals surface area contributed by atoms with Crippen molar-refractivity contribution in [2.75, 3.05) is 0 Å². The third-order valence-corrected chi connectivity index (χ3v) is 7.04. The number of ether oxygens (including phenoxy) is 2. The maximum absolute atomic E-state index is 13.6. The topological polar surface area (TPSA) is 131 Å². The van der Waals surface area contributed by atoms with Crippen molar-refractivity contribution in [1.29, 1.82) is 0 Å². The van der Waals surface area contributed by atoms with Crippen LogP contribution in [0.2, 0.25) is 0 Å². The number of rotatable bonds is 4. The molecular weight excluding hydrogens is 509 g/mol. The summed E-state index contributed by atoms with van der Waals surface area (Å²) in [5.74, 6) is -2.25. The SMILES string of the molecule is C.CC[C@@]1(OC(=O)c2ccc(F)cc2)C(=O)OCc2c1cc1n(c2=O)Cc2cc3c([N+](=O)[O-])cccc3nc2-1. The quantitative estimate of drug-likeness (QED) is 0.186. The number of non-ortho nitro benzene ring substituents is 1. The van der Waals surface area contributed by atoms with Gasteiger partial charge in [0.25, 0.3) is 11.2 Å². The van der Waals surface area contributed by atoms with Gasteiger partial charge in [0, 0.05) is 17.2 Å². The smallest absolute Gasteiger partial charge is 0.355 e. The lowest BCUT2D eigenvalue weighted by Gasteiger charge is -2.35. The fourth-order valence-electron chi connectivity index (χ4n) is 5.11. The molecule has 0 fully saturated rings. The zero-order valence-electron chi connectivity index (χ0n) is 19.9. The monoisotopic (exact) mass is 531 g/mol. The van der Waals surface area contributed by atoms with E-state index in [4.69, 9.17) is 9.47 Å². The van der Waals surface area contributed by atoms with Crippen LogP contribution in [-0.4, -0.2) is 26.4 Å². The molecule has 0 aliphatic carbocycles. The van der Waals surface area contributed by atoms with E-state index < -0.39 is 33.8 Å². The van der Waals surface area contributed by atoms with Crippen molar-refractivity contribution >= 4 is 28.5 Å². The van der Waals surface area contributed by atoms with Gasteiger partial charge >= 0.3 is 11.9 Å². The molecule has 2 aromatic carbocycles. The van der Waals surface area contributed by atoms with E-state index in [1.54, 1.807) is 25.1 Å². The second kappa shape index (κ2) is 9.12. The number of nitrogens with zero attached hydrogens (tertiary/aromatic N) is 3. The lowest BCUT2D eigenvalue weighted by atomic mass is 9.85. The van der Waals surface area contributed by atoms with Gasteiger partial charge in [-0.05, 0) is 48.9 Å². The Balaban J connectivity index is 0.00000308. The molecule has 0 unspecified atom stereocenters. The Hall–Kier alpha value is -4.93. The lowest BCUT2D eigenvalue weighted by molar-refractivity contribution is -0.383. The second-order valence-corrected chi connectivity index (χ2v) is 9.06. The molecular formula is C28H22FN3O7. The van der Waals surface area contributed by atoms with Crippen molar-refractivity contribution in [2.45, 2.75) is 39.5 Å². The summed E-state index contributed by atoms with van der Waals surface area (Å²) < 4.78 is 25.9. The summed E-state index contributed by atoms with van der Waals surface area (Å²) in [7, 11) is 0. The number of carbonyl (C=O) groups excluding carboxylic acids is 2. The van der Waals surface area contributed by atoms with E-state index in [-0.39, 0.29) is 49.4 Å². The van der Waals surface area contributed by atoms with Crippen LogP contribution in [0.1, 0.15) is 47.8 Å². The summed E-state index contributed by atoms with van der Waals surface area (Å²) in [6.07, 6.45) is -0.0289. The van der Waals surface area contributed by atoms with Crippen molar-refractivity contribution in [3.05, 3.63) is 103 Å². The average molecular weight is 531 g/mol. The molecule has 0 spiro atoms. The van der Waals surface area contributed by atoms with E-state index in [0.717, 1.165) is 12.1 Å². The molecule has 1 atom stereocenters. The summed E-state index contributed by atoms with van der Waals surface area (Å²) in [6, 6.07) is 12.5. The first-order chi connectivity index (χ1) is 18.2. The zero-order valence-corrected chi connectivity index (χ0v) is 19.9. The van der Waals surface area contributed by atoms with Gasteiger partial charge in [0.05, 0.1) is 44.9 Å². The van der Waals surface area contributed by atoms with Crippen LogP contribution in [0.25, 0.3) is 22.3 Å². The predicted octanol–water partition coefficient (Wildman–Crippen LogP) is 4.63. The summed E-state index contributed by atoms with van der Waals surface area (Å²) >= 11 is 0. The number of esters is 2. The number of nitro benzene ring substituents is 1. The minimum absolute atomic E-state index is 0. The van der Waals surface area contributed by atoms with Crippen LogP contribution in [0, 0.1) is 15.9 Å². The first kappa shape index (κ1) is 25.7. The molecule has 39 heavy (non-hydrogen) atoms. The molecule has 0 N–H and O–H groups in total. The van der Waals surface area contributed by atoms with Gasteiger partial charge in [-0.1, -0.05) is 20.4 Å². The highest BCUT2D eigenvalue weighted by atomic mass is 19.1. The molecule has 0 saturated carbocycles. The number of hydrogen-bond acceptors (Lipinski definition) is 8. The number of hydrogen-bond donors (Lipinski definition) is 0. The van der Waals surface area contributed by atoms with E-state index in [0.29, 0.717) is 27.9 Å². The lowest BCUT2D eigenvalue weighted by Crippen LogP contribution is -2.47. The Kier molecular flexibility index (Phi) is 6.01. The number of cyclic esters (lactones) is 1. The van der Waals surface area contributed by atoms with Gasteiger partial charge in [-0.3, -0.25) is 14.9 Å². The molecule has 2 aliphatic heterocycles. The van der Waals surface area contributed by atoms with Gasteiger partial charge in [-0.15, -0.1) is 0 Å². The highest BCUT2D eigenvalue weighted by molar-refractivity contribution is 5.94. The van der Waals surface area contributed by atoms with Gasteiger partial charge in [0.1, 0.15) is 12.4 Å². The Bertz CT molecular complexity index is 1760. The van der Waals surface area contributed by atoms with Gasteiger partial charge in [-0.2, -0.15) is 0 Å². The van der Waals surface area contributed by atoms with Crippen LogP contribution in [-0.2, 0) is 33.0 Å². The Morgan fingerprint density at radius 2 is 1.95 bits per heavy atom. The molecule has 0 radical (unpaired) electrons. The van der Waals surface area contributed by atoms with E-state index in [2.05, 4.69) is 4.98 Å². The minimum atomic E-state index is -1.91. The van der Waals surface area contributed by atoms with Crippen LogP contribution >= 0.6 is 0 Å². The van der Waals surface area contributed by atoms with E-state index in [1.165, 1.54) is 28.8 Å². The highest BCUT2D eigenvalue weighted by Gasteiger charge is 2.50. The first-order valence-electron chi connectivity index (χ1n) is 11.7. The Labute approximate surface area is 220 Å². The molecule has 4 aromatic rings. The molecule has 11 heteroatoms. The fourth-order valence-corrected chi connectivity index (χ4v) is 5.11. The summed E-state index contributed by atoms with van der Waals surface area (Å²) in [4.78, 5) is 55.4. The Morgan fingerprint density at radius 3 is 2.64 bits per heavy atom. The largest absolute Gasteiger partial charge is 0.457 e. The van der Waals surface area contributed by atoms with Crippen molar-refractivity contribution in [3.63, 3.8) is 0 Å². The molecule has 0 bridgehead atoms. The van der Waals surface area contributed by atoms with E-state index in [9.17, 15) is 28.9 Å². The molecule has 6 rings (SSSR count). The van der Waals surface area contributed by atoms with Crippen LogP contribution < -0.4 is 5.56 Å². The zero-order chi connectivity index (χ0) is 26.8. The minimum Gasteiger partial charge on any atom is -0.457 e. The van der Waals surface area contributed by atoms with Crippen molar-refractivity contribution in [2.24, 2.45) is 0 Å². The van der Waals surface area contributed by atoms with Gasteiger partial charge < -0.3 is 14.0 Å². The summed E-state index contributed by atoms with van der Waals surface area (Å²) in [5, 5.41) is 11.9. The predicted molar refractivity (Wildman–Crippen MR) is 138 cm³/mol. The Morgan fingerprint density at radius 1 is 1.21 bits per heavy atom. The van der Waals surface area contributed by atoms with Gasteiger partial charge in [-0.25, -0.2) is 19.0 Å². The number of benzene rings is 2. The van der Waals surface area contributed by atoms with Gasteiger partial charge in [0.15, 0.2) is 0 Å². The number of fused-ring (bicyclic) bond motifs is 5. The van der Waals surface area contributed by atoms with Gasteiger partial charge in [0.2, 0.25) is 5.60 Å². The first-order valence-corrected chi connectivity index (χ1v) is 11.7. The maximum atomic E-state index is 13.6. The number of aromatic nitrogens is 2. The second-order valence-electron chi connectivity index (χ2n) is 9.06.